The first-order valence-electron chi connectivity index (χ1n) is 6.88. The van der Waals surface area contributed by atoms with E-state index in [1.807, 2.05) is 0 Å². The normalized spacial score (nSPS) is 12.0. The van der Waals surface area contributed by atoms with Gasteiger partial charge < -0.3 is 15.4 Å². The van der Waals surface area contributed by atoms with Crippen LogP contribution in [0.2, 0.25) is 0 Å². The van der Waals surface area contributed by atoms with Crippen molar-refractivity contribution in [1.82, 2.24) is 15.5 Å². The molecular weight excluding hydrogens is 339 g/mol. The predicted octanol–water partition coefficient (Wildman–Crippen LogP) is 2.66. The lowest BCUT2D eigenvalue weighted by molar-refractivity contribution is -0.120. The van der Waals surface area contributed by atoms with E-state index in [0.29, 0.717) is 28.3 Å². The van der Waals surface area contributed by atoms with E-state index >= 15 is 0 Å². The number of aromatic nitrogens is 2. The molecule has 1 aromatic heterocycles. The van der Waals surface area contributed by atoms with E-state index in [2.05, 4.69) is 20.8 Å². The molecule has 124 valence electrons. The number of benzene rings is 1. The van der Waals surface area contributed by atoms with Gasteiger partial charge in [-0.2, -0.15) is 0 Å². The van der Waals surface area contributed by atoms with Crippen molar-refractivity contribution >= 4 is 39.8 Å². The number of halogens is 1. The van der Waals surface area contributed by atoms with Crippen molar-refractivity contribution in [3.05, 3.63) is 30.1 Å². The highest BCUT2D eigenvalue weighted by Crippen LogP contribution is 2.30. The molecule has 0 radical (unpaired) electrons. The summed E-state index contributed by atoms with van der Waals surface area (Å²) < 4.78 is 18.7. The second-order valence-corrected chi connectivity index (χ2v) is 7.12. The maximum absolute atomic E-state index is 13.1. The SMILES string of the molecule is COCCNC(=O)[C@H](C)Sc1nnc(Nc2cccc(F)c2)s1. The average Bonchev–Trinajstić information content (AvgIpc) is 2.94. The van der Waals surface area contributed by atoms with Gasteiger partial charge in [-0.3, -0.25) is 4.79 Å². The lowest BCUT2D eigenvalue weighted by Gasteiger charge is -2.09. The number of hydrogen-bond donors (Lipinski definition) is 2. The number of nitrogens with zero attached hydrogens (tertiary/aromatic N) is 2. The van der Waals surface area contributed by atoms with Gasteiger partial charge in [0.15, 0.2) is 4.34 Å². The zero-order valence-electron chi connectivity index (χ0n) is 12.7. The third-order valence-corrected chi connectivity index (χ3v) is 4.76. The number of thioether (sulfide) groups is 1. The van der Waals surface area contributed by atoms with E-state index in [1.54, 1.807) is 26.2 Å². The van der Waals surface area contributed by atoms with Crippen molar-refractivity contribution < 1.29 is 13.9 Å². The van der Waals surface area contributed by atoms with Gasteiger partial charge in [0, 0.05) is 19.3 Å². The number of anilines is 2. The zero-order chi connectivity index (χ0) is 16.7. The molecule has 0 fully saturated rings. The van der Waals surface area contributed by atoms with E-state index in [0.717, 1.165) is 0 Å². The van der Waals surface area contributed by atoms with E-state index in [-0.39, 0.29) is 17.0 Å². The lowest BCUT2D eigenvalue weighted by Crippen LogP contribution is -2.33. The molecule has 2 aromatic rings. The Morgan fingerprint density at radius 1 is 1.48 bits per heavy atom. The summed E-state index contributed by atoms with van der Waals surface area (Å²) in [6.45, 7) is 2.75. The topological polar surface area (TPSA) is 76.1 Å². The fourth-order valence-electron chi connectivity index (χ4n) is 1.62. The van der Waals surface area contributed by atoms with Crippen LogP contribution >= 0.6 is 23.1 Å². The van der Waals surface area contributed by atoms with Crippen LogP contribution in [0.25, 0.3) is 0 Å². The highest BCUT2D eigenvalue weighted by molar-refractivity contribution is 8.02. The number of nitrogens with one attached hydrogen (secondary N) is 2. The Kier molecular flexibility index (Phi) is 6.75. The number of amides is 1. The van der Waals surface area contributed by atoms with Crippen molar-refractivity contribution in [2.75, 3.05) is 25.6 Å². The fourth-order valence-corrected chi connectivity index (χ4v) is 3.56. The van der Waals surface area contributed by atoms with Crippen LogP contribution in [0, 0.1) is 5.82 Å². The summed E-state index contributed by atoms with van der Waals surface area (Å²) in [5.74, 6) is -0.405. The summed E-state index contributed by atoms with van der Waals surface area (Å²) in [7, 11) is 1.58. The minimum absolute atomic E-state index is 0.0816. The van der Waals surface area contributed by atoms with Crippen LogP contribution in [0.4, 0.5) is 15.2 Å². The monoisotopic (exact) mass is 356 g/mol. The average molecular weight is 356 g/mol. The molecule has 0 aliphatic carbocycles. The summed E-state index contributed by atoms with van der Waals surface area (Å²) in [6.07, 6.45) is 0. The molecule has 2 rings (SSSR count). The summed E-state index contributed by atoms with van der Waals surface area (Å²) >= 11 is 2.63. The Morgan fingerprint density at radius 3 is 3.04 bits per heavy atom. The third kappa shape index (κ3) is 5.77. The van der Waals surface area contributed by atoms with Gasteiger partial charge in [-0.15, -0.1) is 10.2 Å². The minimum Gasteiger partial charge on any atom is -0.383 e. The molecule has 0 saturated heterocycles. The molecule has 0 unspecified atom stereocenters. The highest BCUT2D eigenvalue weighted by atomic mass is 32.2. The number of hydrogen-bond acceptors (Lipinski definition) is 7. The Labute approximate surface area is 141 Å². The van der Waals surface area contributed by atoms with Gasteiger partial charge in [0.25, 0.3) is 0 Å². The molecule has 1 aromatic carbocycles. The van der Waals surface area contributed by atoms with Crippen LogP contribution in [-0.4, -0.2) is 41.6 Å². The smallest absolute Gasteiger partial charge is 0.233 e. The Morgan fingerprint density at radius 2 is 2.30 bits per heavy atom. The maximum Gasteiger partial charge on any atom is 0.233 e. The van der Waals surface area contributed by atoms with Crippen LogP contribution in [0.15, 0.2) is 28.6 Å². The standard InChI is InChI=1S/C14H17FN4O2S2/c1-9(12(20)16-6-7-21-2)22-14-19-18-13(23-14)17-11-5-3-4-10(15)8-11/h3-5,8-9H,6-7H2,1-2H3,(H,16,20)(H,17,18)/t9-/m0/s1. The number of carbonyl (C=O) groups excluding carboxylic acids is 1. The van der Waals surface area contributed by atoms with Gasteiger partial charge >= 0.3 is 0 Å². The number of methoxy groups -OCH3 is 1. The van der Waals surface area contributed by atoms with Gasteiger partial charge in [0.2, 0.25) is 11.0 Å². The molecule has 0 aliphatic rings. The highest BCUT2D eigenvalue weighted by Gasteiger charge is 2.16. The third-order valence-electron chi connectivity index (χ3n) is 2.73. The quantitative estimate of drug-likeness (QED) is 0.559. The molecule has 0 aliphatic heterocycles. The predicted molar refractivity (Wildman–Crippen MR) is 89.8 cm³/mol. The maximum atomic E-state index is 13.1. The minimum atomic E-state index is -0.324. The first kappa shape index (κ1) is 17.6. The van der Waals surface area contributed by atoms with Crippen LogP contribution in [0.1, 0.15) is 6.92 Å². The van der Waals surface area contributed by atoms with Gasteiger partial charge in [0.05, 0.1) is 11.9 Å². The zero-order valence-corrected chi connectivity index (χ0v) is 14.3. The first-order chi connectivity index (χ1) is 11.1. The van der Waals surface area contributed by atoms with E-state index in [9.17, 15) is 9.18 Å². The second-order valence-electron chi connectivity index (χ2n) is 4.55. The van der Waals surface area contributed by atoms with Crippen molar-refractivity contribution in [2.45, 2.75) is 16.5 Å². The van der Waals surface area contributed by atoms with Crippen LogP contribution < -0.4 is 10.6 Å². The van der Waals surface area contributed by atoms with Gasteiger partial charge in [-0.05, 0) is 25.1 Å². The van der Waals surface area contributed by atoms with Crippen molar-refractivity contribution in [1.29, 1.82) is 0 Å². The fraction of sp³-hybridized carbons (Fsp3) is 0.357. The number of carbonyl (C=O) groups is 1. The first-order valence-corrected chi connectivity index (χ1v) is 8.57. The number of rotatable bonds is 8. The molecule has 9 heteroatoms. The van der Waals surface area contributed by atoms with Crippen molar-refractivity contribution in [3.8, 4) is 0 Å². The van der Waals surface area contributed by atoms with E-state index in [4.69, 9.17) is 4.74 Å². The largest absolute Gasteiger partial charge is 0.383 e. The molecule has 0 bridgehead atoms. The second kappa shape index (κ2) is 8.80. The van der Waals surface area contributed by atoms with Gasteiger partial charge in [0.1, 0.15) is 5.82 Å². The number of ether oxygens (including phenoxy) is 1. The summed E-state index contributed by atoms with van der Waals surface area (Å²) in [5, 5.41) is 14.0. The molecule has 2 N–H and O–H groups in total. The Bertz CT molecular complexity index is 653. The Hall–Kier alpha value is -1.71. The Balaban J connectivity index is 1.88. The summed E-state index contributed by atoms with van der Waals surface area (Å²) in [4.78, 5) is 11.9. The molecule has 0 spiro atoms. The lowest BCUT2D eigenvalue weighted by atomic mass is 10.3. The van der Waals surface area contributed by atoms with Crippen LogP contribution in [0.5, 0.6) is 0 Å². The van der Waals surface area contributed by atoms with Crippen molar-refractivity contribution in [3.63, 3.8) is 0 Å². The van der Waals surface area contributed by atoms with Crippen LogP contribution in [0.3, 0.4) is 0 Å². The molecule has 1 amide bonds. The van der Waals surface area contributed by atoms with Gasteiger partial charge in [-0.25, -0.2) is 4.39 Å². The molecular formula is C14H17FN4O2S2. The van der Waals surface area contributed by atoms with E-state index in [1.165, 1.54) is 35.2 Å². The summed E-state index contributed by atoms with van der Waals surface area (Å²) in [5.41, 5.74) is 0.600. The van der Waals surface area contributed by atoms with Crippen molar-refractivity contribution in [2.24, 2.45) is 0 Å². The molecule has 6 nitrogen and oxygen atoms in total. The van der Waals surface area contributed by atoms with Crippen LogP contribution in [-0.2, 0) is 9.53 Å². The van der Waals surface area contributed by atoms with Gasteiger partial charge in [-0.1, -0.05) is 29.2 Å². The van der Waals surface area contributed by atoms with E-state index < -0.39 is 0 Å². The molecule has 1 heterocycles. The molecule has 0 saturated carbocycles. The molecule has 1 atom stereocenters. The summed E-state index contributed by atoms with van der Waals surface area (Å²) in [6, 6.07) is 6.10. The molecule has 23 heavy (non-hydrogen) atoms.